The minimum absolute atomic E-state index is 0.367. The first-order valence-corrected chi connectivity index (χ1v) is 7.36. The highest BCUT2D eigenvalue weighted by molar-refractivity contribution is 6.30. The summed E-state index contributed by atoms with van der Waals surface area (Å²) in [4.78, 5) is 0. The molecule has 0 aromatic heterocycles. The molecule has 0 saturated heterocycles. The monoisotopic (exact) mass is 266 g/mol. The molecule has 1 saturated carbocycles. The molecule has 0 aliphatic heterocycles. The fourth-order valence-corrected chi connectivity index (χ4v) is 3.20. The highest BCUT2D eigenvalue weighted by Gasteiger charge is 2.18. The van der Waals surface area contributed by atoms with E-state index in [9.17, 15) is 0 Å². The Morgan fingerprint density at radius 1 is 1.28 bits per heavy atom. The van der Waals surface area contributed by atoms with Crippen molar-refractivity contribution in [3.05, 3.63) is 34.9 Å². The van der Waals surface area contributed by atoms with E-state index < -0.39 is 0 Å². The standard InChI is InChI=1S/C15H23ClN2/c16-14-8-4-7-13(9-14)11-15(18-17)10-12-5-2-1-3-6-12/h4,7-9,12,15,18H,1-3,5-6,10-11,17H2. The number of nitrogens with two attached hydrogens (primary N) is 1. The first kappa shape index (κ1) is 13.9. The lowest BCUT2D eigenvalue weighted by molar-refractivity contribution is 0.298. The summed E-state index contributed by atoms with van der Waals surface area (Å²) in [5, 5.41) is 0.806. The van der Waals surface area contributed by atoms with Gasteiger partial charge in [-0.2, -0.15) is 0 Å². The number of hydrogen-bond acceptors (Lipinski definition) is 2. The Morgan fingerprint density at radius 2 is 2.06 bits per heavy atom. The van der Waals surface area contributed by atoms with E-state index in [0.29, 0.717) is 6.04 Å². The number of hydrogen-bond donors (Lipinski definition) is 2. The number of hydrazine groups is 1. The van der Waals surface area contributed by atoms with Crippen molar-refractivity contribution in [3.63, 3.8) is 0 Å². The summed E-state index contributed by atoms with van der Waals surface area (Å²) in [6, 6.07) is 8.44. The van der Waals surface area contributed by atoms with Crippen LogP contribution in [0.4, 0.5) is 0 Å². The Hall–Kier alpha value is -0.570. The summed E-state index contributed by atoms with van der Waals surface area (Å²) in [5.41, 5.74) is 4.24. The summed E-state index contributed by atoms with van der Waals surface area (Å²) in [7, 11) is 0. The quantitative estimate of drug-likeness (QED) is 0.630. The van der Waals surface area contributed by atoms with E-state index in [1.165, 1.54) is 44.1 Å². The summed E-state index contributed by atoms with van der Waals surface area (Å²) in [5.74, 6) is 6.54. The predicted molar refractivity (Wildman–Crippen MR) is 77.5 cm³/mol. The van der Waals surface area contributed by atoms with Crippen molar-refractivity contribution < 1.29 is 0 Å². The molecule has 1 aromatic rings. The zero-order valence-corrected chi connectivity index (χ0v) is 11.6. The van der Waals surface area contributed by atoms with Crippen molar-refractivity contribution in [1.29, 1.82) is 0 Å². The molecule has 3 heteroatoms. The number of halogens is 1. The lowest BCUT2D eigenvalue weighted by Gasteiger charge is -2.26. The summed E-state index contributed by atoms with van der Waals surface area (Å²) in [6.45, 7) is 0. The van der Waals surface area contributed by atoms with E-state index in [4.69, 9.17) is 17.4 Å². The molecule has 0 bridgehead atoms. The molecule has 1 fully saturated rings. The van der Waals surface area contributed by atoms with Crippen LogP contribution >= 0.6 is 11.6 Å². The maximum Gasteiger partial charge on any atom is 0.0408 e. The van der Waals surface area contributed by atoms with Crippen molar-refractivity contribution in [3.8, 4) is 0 Å². The Labute approximate surface area is 115 Å². The largest absolute Gasteiger partial charge is 0.271 e. The highest BCUT2D eigenvalue weighted by atomic mass is 35.5. The van der Waals surface area contributed by atoms with Gasteiger partial charge in [-0.3, -0.25) is 11.3 Å². The van der Waals surface area contributed by atoms with Gasteiger partial charge in [0.05, 0.1) is 0 Å². The van der Waals surface area contributed by atoms with Gasteiger partial charge in [-0.25, -0.2) is 0 Å². The van der Waals surface area contributed by atoms with Crippen LogP contribution in [0.2, 0.25) is 5.02 Å². The second-order valence-electron chi connectivity index (χ2n) is 5.44. The van der Waals surface area contributed by atoms with Gasteiger partial charge < -0.3 is 0 Å². The van der Waals surface area contributed by atoms with Gasteiger partial charge in [0.15, 0.2) is 0 Å². The van der Waals surface area contributed by atoms with E-state index in [2.05, 4.69) is 11.5 Å². The molecule has 1 aliphatic rings. The van der Waals surface area contributed by atoms with Crippen molar-refractivity contribution in [2.75, 3.05) is 0 Å². The minimum Gasteiger partial charge on any atom is -0.271 e. The maximum atomic E-state index is 6.01. The van der Waals surface area contributed by atoms with E-state index in [-0.39, 0.29) is 0 Å². The fourth-order valence-electron chi connectivity index (χ4n) is 2.98. The number of rotatable bonds is 5. The van der Waals surface area contributed by atoms with Crippen LogP contribution in [0.25, 0.3) is 0 Å². The first-order chi connectivity index (χ1) is 8.78. The Bertz CT molecular complexity index is 361. The van der Waals surface area contributed by atoms with Gasteiger partial charge >= 0.3 is 0 Å². The molecule has 3 N–H and O–H groups in total. The van der Waals surface area contributed by atoms with Crippen LogP contribution in [-0.4, -0.2) is 6.04 Å². The molecule has 1 aliphatic carbocycles. The number of benzene rings is 1. The summed E-state index contributed by atoms with van der Waals surface area (Å²) in [6.07, 6.45) is 9.07. The average molecular weight is 267 g/mol. The molecule has 1 atom stereocenters. The van der Waals surface area contributed by atoms with E-state index in [1.54, 1.807) is 0 Å². The Balaban J connectivity index is 1.88. The van der Waals surface area contributed by atoms with Crippen molar-refractivity contribution in [2.24, 2.45) is 11.8 Å². The lowest BCUT2D eigenvalue weighted by Crippen LogP contribution is -2.38. The SMILES string of the molecule is NNC(Cc1cccc(Cl)c1)CC1CCCCC1. The average Bonchev–Trinajstić information content (AvgIpc) is 2.39. The van der Waals surface area contributed by atoms with Gasteiger partial charge in [0.1, 0.15) is 0 Å². The van der Waals surface area contributed by atoms with Gasteiger partial charge in [0.2, 0.25) is 0 Å². The van der Waals surface area contributed by atoms with Crippen LogP contribution in [0.15, 0.2) is 24.3 Å². The van der Waals surface area contributed by atoms with Crippen molar-refractivity contribution in [1.82, 2.24) is 5.43 Å². The normalized spacial score (nSPS) is 18.8. The predicted octanol–water partition coefficient (Wildman–Crippen LogP) is 3.68. The van der Waals surface area contributed by atoms with Crippen LogP contribution in [0.1, 0.15) is 44.1 Å². The molecule has 0 amide bonds. The third kappa shape index (κ3) is 4.27. The number of nitrogens with one attached hydrogen (secondary N) is 1. The first-order valence-electron chi connectivity index (χ1n) is 6.98. The third-order valence-corrected chi connectivity index (χ3v) is 4.18. The smallest absolute Gasteiger partial charge is 0.0408 e. The lowest BCUT2D eigenvalue weighted by atomic mass is 9.84. The molecular weight excluding hydrogens is 244 g/mol. The van der Waals surface area contributed by atoms with Crippen molar-refractivity contribution in [2.45, 2.75) is 51.0 Å². The molecule has 0 radical (unpaired) electrons. The molecule has 2 nitrogen and oxygen atoms in total. The molecule has 1 aromatic carbocycles. The molecule has 18 heavy (non-hydrogen) atoms. The van der Waals surface area contributed by atoms with Crippen LogP contribution in [0.5, 0.6) is 0 Å². The van der Waals surface area contributed by atoms with E-state index in [1.807, 2.05) is 18.2 Å². The van der Waals surface area contributed by atoms with Crippen LogP contribution in [0.3, 0.4) is 0 Å². The molecular formula is C15H23ClN2. The highest BCUT2D eigenvalue weighted by Crippen LogP contribution is 2.28. The van der Waals surface area contributed by atoms with Gasteiger partial charge in [-0.1, -0.05) is 55.8 Å². The van der Waals surface area contributed by atoms with E-state index >= 15 is 0 Å². The van der Waals surface area contributed by atoms with Gasteiger partial charge in [0.25, 0.3) is 0 Å². The second-order valence-corrected chi connectivity index (χ2v) is 5.87. The Morgan fingerprint density at radius 3 is 2.72 bits per heavy atom. The minimum atomic E-state index is 0.367. The molecule has 2 rings (SSSR count). The van der Waals surface area contributed by atoms with Gasteiger partial charge in [-0.15, -0.1) is 0 Å². The third-order valence-electron chi connectivity index (χ3n) is 3.95. The van der Waals surface area contributed by atoms with Crippen LogP contribution < -0.4 is 11.3 Å². The molecule has 0 spiro atoms. The fraction of sp³-hybridized carbons (Fsp3) is 0.600. The van der Waals surface area contributed by atoms with Gasteiger partial charge in [0, 0.05) is 11.1 Å². The molecule has 1 unspecified atom stereocenters. The summed E-state index contributed by atoms with van der Waals surface area (Å²) < 4.78 is 0. The van der Waals surface area contributed by atoms with Crippen LogP contribution in [-0.2, 0) is 6.42 Å². The molecule has 100 valence electrons. The topological polar surface area (TPSA) is 38.0 Å². The zero-order chi connectivity index (χ0) is 12.8. The maximum absolute atomic E-state index is 6.01. The summed E-state index contributed by atoms with van der Waals surface area (Å²) >= 11 is 6.01. The van der Waals surface area contributed by atoms with Gasteiger partial charge in [-0.05, 0) is 36.5 Å². The van der Waals surface area contributed by atoms with Crippen LogP contribution in [0, 0.1) is 5.92 Å². The molecule has 0 heterocycles. The Kier molecular flexibility index (Phi) is 5.48. The second kappa shape index (κ2) is 7.13. The van der Waals surface area contributed by atoms with E-state index in [0.717, 1.165) is 17.4 Å². The van der Waals surface area contributed by atoms with Crippen molar-refractivity contribution >= 4 is 11.6 Å². The zero-order valence-electron chi connectivity index (χ0n) is 10.9.